The summed E-state index contributed by atoms with van der Waals surface area (Å²) in [7, 11) is 0. The Morgan fingerprint density at radius 1 is 0.783 bits per heavy atom. The lowest BCUT2D eigenvalue weighted by Crippen LogP contribution is -1.93. The zero-order chi connectivity index (χ0) is 16.7. The van der Waals surface area contributed by atoms with E-state index in [1.165, 1.54) is 27.6 Å². The molecule has 2 N–H and O–H groups in total. The van der Waals surface area contributed by atoms with E-state index in [0.717, 1.165) is 24.8 Å². The molecule has 0 saturated carbocycles. The number of aromatic hydroxyl groups is 2. The van der Waals surface area contributed by atoms with Crippen LogP contribution in [0.4, 0.5) is 0 Å². The average Bonchev–Trinajstić information content (AvgIpc) is 2.57. The minimum absolute atomic E-state index is 0.292. The first-order chi connectivity index (χ1) is 11.2. The summed E-state index contributed by atoms with van der Waals surface area (Å²) >= 11 is 2.42. The van der Waals surface area contributed by atoms with Crippen LogP contribution in [0.1, 0.15) is 43.7 Å². The van der Waals surface area contributed by atoms with Crippen molar-refractivity contribution in [3.05, 3.63) is 59.7 Å². The Balaban J connectivity index is 2.46. The van der Waals surface area contributed by atoms with Gasteiger partial charge in [0.05, 0.1) is 0 Å². The van der Waals surface area contributed by atoms with E-state index in [0.29, 0.717) is 11.5 Å². The fraction of sp³-hybridized carbons (Fsp3) is 0.300. The molecular weight excluding hydrogens is 399 g/mol. The maximum atomic E-state index is 9.55. The van der Waals surface area contributed by atoms with Gasteiger partial charge in [-0.15, -0.1) is 0 Å². The SMILES string of the molecule is CC/C(=C(\CCCCI)c1ccc(O)cc1)c1ccc(O)cc1. The van der Waals surface area contributed by atoms with Crippen molar-refractivity contribution in [1.29, 1.82) is 0 Å². The summed E-state index contributed by atoms with van der Waals surface area (Å²) in [6.07, 6.45) is 4.32. The molecule has 0 heterocycles. The topological polar surface area (TPSA) is 40.5 Å². The Labute approximate surface area is 152 Å². The molecule has 0 bridgehead atoms. The second-order valence-corrected chi connectivity index (χ2v) is 6.63. The summed E-state index contributed by atoms with van der Waals surface area (Å²) in [6.45, 7) is 2.17. The second kappa shape index (κ2) is 8.96. The first kappa shape index (κ1) is 17.9. The van der Waals surface area contributed by atoms with Gasteiger partial charge in [-0.3, -0.25) is 0 Å². The highest BCUT2D eigenvalue weighted by atomic mass is 127. The number of alkyl halides is 1. The van der Waals surface area contributed by atoms with Crippen LogP contribution < -0.4 is 0 Å². The fourth-order valence-electron chi connectivity index (χ4n) is 2.78. The molecule has 0 aliphatic carbocycles. The summed E-state index contributed by atoms with van der Waals surface area (Å²) < 4.78 is 1.17. The van der Waals surface area contributed by atoms with Crippen LogP contribution in [0.15, 0.2) is 48.5 Å². The molecule has 0 radical (unpaired) electrons. The molecule has 2 aromatic carbocycles. The Hall–Kier alpha value is -1.49. The van der Waals surface area contributed by atoms with Crippen molar-refractivity contribution in [3.63, 3.8) is 0 Å². The summed E-state index contributed by atoms with van der Waals surface area (Å²) in [6, 6.07) is 14.9. The zero-order valence-corrected chi connectivity index (χ0v) is 15.6. The largest absolute Gasteiger partial charge is 0.508 e. The standard InChI is InChI=1S/C20H23IO2/c1-2-19(15-6-10-17(22)11-7-15)20(5-3-4-14-21)16-8-12-18(23)13-9-16/h6-13,22-23H,2-5,14H2,1H3/b20-19-. The number of benzene rings is 2. The number of halogens is 1. The van der Waals surface area contributed by atoms with Crippen molar-refractivity contribution in [1.82, 2.24) is 0 Å². The number of unbranched alkanes of at least 4 members (excludes halogenated alkanes) is 1. The van der Waals surface area contributed by atoms with Crippen LogP contribution in [0.3, 0.4) is 0 Å². The molecule has 0 aromatic heterocycles. The van der Waals surface area contributed by atoms with Gasteiger partial charge in [0.25, 0.3) is 0 Å². The van der Waals surface area contributed by atoms with Gasteiger partial charge in [0.1, 0.15) is 11.5 Å². The summed E-state index contributed by atoms with van der Waals surface area (Å²) in [5, 5.41) is 19.1. The Bertz CT molecular complexity index is 642. The number of hydrogen-bond donors (Lipinski definition) is 2. The first-order valence-corrected chi connectivity index (χ1v) is 9.55. The van der Waals surface area contributed by atoms with Gasteiger partial charge in [-0.25, -0.2) is 0 Å². The van der Waals surface area contributed by atoms with Crippen molar-refractivity contribution in [2.45, 2.75) is 32.6 Å². The lowest BCUT2D eigenvalue weighted by atomic mass is 9.89. The van der Waals surface area contributed by atoms with Crippen LogP contribution in [0, 0.1) is 0 Å². The minimum Gasteiger partial charge on any atom is -0.508 e. The van der Waals surface area contributed by atoms with E-state index in [4.69, 9.17) is 0 Å². The minimum atomic E-state index is 0.292. The fourth-order valence-corrected chi connectivity index (χ4v) is 3.32. The Kier molecular flexibility index (Phi) is 6.96. The van der Waals surface area contributed by atoms with E-state index in [2.05, 4.69) is 29.5 Å². The third-order valence-electron chi connectivity index (χ3n) is 3.96. The molecule has 122 valence electrons. The molecule has 2 nitrogen and oxygen atoms in total. The van der Waals surface area contributed by atoms with E-state index in [1.54, 1.807) is 24.3 Å². The van der Waals surface area contributed by atoms with Gasteiger partial charge in [0.2, 0.25) is 0 Å². The molecular formula is C20H23IO2. The van der Waals surface area contributed by atoms with Gasteiger partial charge < -0.3 is 10.2 Å². The van der Waals surface area contributed by atoms with Crippen molar-refractivity contribution in [2.24, 2.45) is 0 Å². The quantitative estimate of drug-likeness (QED) is 0.248. The van der Waals surface area contributed by atoms with E-state index in [-0.39, 0.29) is 0 Å². The molecule has 0 amide bonds. The van der Waals surface area contributed by atoms with Crippen molar-refractivity contribution in [2.75, 3.05) is 4.43 Å². The van der Waals surface area contributed by atoms with Crippen LogP contribution in [0.25, 0.3) is 11.1 Å². The lowest BCUT2D eigenvalue weighted by Gasteiger charge is -2.16. The highest BCUT2D eigenvalue weighted by Gasteiger charge is 2.11. The third-order valence-corrected chi connectivity index (χ3v) is 4.72. The molecule has 2 rings (SSSR count). The predicted octanol–water partition coefficient (Wildman–Crippen LogP) is 6.02. The molecule has 0 saturated heterocycles. The number of hydrogen-bond acceptors (Lipinski definition) is 2. The summed E-state index contributed by atoms with van der Waals surface area (Å²) in [5.41, 5.74) is 4.97. The van der Waals surface area contributed by atoms with Gasteiger partial charge in [-0.2, -0.15) is 0 Å². The maximum absolute atomic E-state index is 9.55. The number of phenols is 2. The van der Waals surface area contributed by atoms with Crippen LogP contribution in [0.2, 0.25) is 0 Å². The Morgan fingerprint density at radius 3 is 1.70 bits per heavy atom. The van der Waals surface area contributed by atoms with Crippen LogP contribution in [0.5, 0.6) is 11.5 Å². The number of phenolic OH excluding ortho intramolecular Hbond substituents is 2. The van der Waals surface area contributed by atoms with Gasteiger partial charge in [-0.05, 0) is 76.6 Å². The maximum Gasteiger partial charge on any atom is 0.115 e. The van der Waals surface area contributed by atoms with Crippen molar-refractivity contribution >= 4 is 33.7 Å². The molecule has 0 fully saturated rings. The summed E-state index contributed by atoms with van der Waals surface area (Å²) in [5.74, 6) is 0.586. The molecule has 3 heteroatoms. The number of rotatable bonds is 7. The third kappa shape index (κ3) is 4.99. The highest BCUT2D eigenvalue weighted by Crippen LogP contribution is 2.34. The van der Waals surface area contributed by atoms with E-state index < -0.39 is 0 Å². The second-order valence-electron chi connectivity index (χ2n) is 5.55. The van der Waals surface area contributed by atoms with E-state index >= 15 is 0 Å². The van der Waals surface area contributed by atoms with Crippen LogP contribution >= 0.6 is 22.6 Å². The highest BCUT2D eigenvalue weighted by molar-refractivity contribution is 14.1. The normalized spacial score (nSPS) is 12.1. The van der Waals surface area contributed by atoms with Crippen LogP contribution in [-0.2, 0) is 0 Å². The van der Waals surface area contributed by atoms with Crippen LogP contribution in [-0.4, -0.2) is 14.6 Å². The molecule has 0 atom stereocenters. The molecule has 0 spiro atoms. The first-order valence-electron chi connectivity index (χ1n) is 8.02. The van der Waals surface area contributed by atoms with Gasteiger partial charge in [-0.1, -0.05) is 53.8 Å². The van der Waals surface area contributed by atoms with E-state index in [9.17, 15) is 10.2 Å². The summed E-state index contributed by atoms with van der Waals surface area (Å²) in [4.78, 5) is 0. The van der Waals surface area contributed by atoms with E-state index in [1.807, 2.05) is 24.3 Å². The number of allylic oxidation sites excluding steroid dienone is 2. The zero-order valence-electron chi connectivity index (χ0n) is 13.4. The monoisotopic (exact) mass is 422 g/mol. The van der Waals surface area contributed by atoms with Gasteiger partial charge in [0.15, 0.2) is 0 Å². The molecule has 0 aliphatic rings. The lowest BCUT2D eigenvalue weighted by molar-refractivity contribution is 0.474. The van der Waals surface area contributed by atoms with Gasteiger partial charge >= 0.3 is 0 Å². The van der Waals surface area contributed by atoms with Crippen molar-refractivity contribution < 1.29 is 10.2 Å². The molecule has 0 aliphatic heterocycles. The average molecular weight is 422 g/mol. The van der Waals surface area contributed by atoms with Gasteiger partial charge in [0, 0.05) is 0 Å². The molecule has 2 aromatic rings. The van der Waals surface area contributed by atoms with Crippen molar-refractivity contribution in [3.8, 4) is 11.5 Å². The Morgan fingerprint density at radius 2 is 1.26 bits per heavy atom. The molecule has 0 unspecified atom stereocenters. The smallest absolute Gasteiger partial charge is 0.115 e. The predicted molar refractivity (Wildman–Crippen MR) is 106 cm³/mol. The molecule has 23 heavy (non-hydrogen) atoms.